The Balaban J connectivity index is 2.45. The second-order valence-electron chi connectivity index (χ2n) is 3.46. The van der Waals surface area contributed by atoms with E-state index in [0.717, 1.165) is 11.3 Å². The van der Waals surface area contributed by atoms with Gasteiger partial charge in [0, 0.05) is 9.50 Å². The molecule has 0 aliphatic rings. The van der Waals surface area contributed by atoms with Gasteiger partial charge in [0.2, 0.25) is 0 Å². The Labute approximate surface area is 127 Å². The third kappa shape index (κ3) is 3.09. The molecule has 2 aromatic rings. The van der Waals surface area contributed by atoms with Crippen LogP contribution in [0.3, 0.4) is 0 Å². The minimum atomic E-state index is -3.74. The Kier molecular flexibility index (Phi) is 4.16. The molecule has 0 bridgehead atoms. The first-order valence-electron chi connectivity index (χ1n) is 4.89. The lowest BCUT2D eigenvalue weighted by atomic mass is 10.2. The fourth-order valence-corrected chi connectivity index (χ4v) is 4.94. The van der Waals surface area contributed by atoms with Gasteiger partial charge >= 0.3 is 0 Å². The highest BCUT2D eigenvalue weighted by atomic mass is 79.9. The molecule has 0 aliphatic heterocycles. The van der Waals surface area contributed by atoms with Gasteiger partial charge in [0.05, 0.1) is 11.3 Å². The molecule has 0 aliphatic carbocycles. The van der Waals surface area contributed by atoms with E-state index >= 15 is 0 Å². The van der Waals surface area contributed by atoms with Crippen molar-refractivity contribution < 1.29 is 8.42 Å². The van der Waals surface area contributed by atoms with Crippen LogP contribution in [0.4, 0.5) is 5.69 Å². The molecule has 0 atom stereocenters. The van der Waals surface area contributed by atoms with Crippen LogP contribution in [0.1, 0.15) is 5.56 Å². The normalized spacial score (nSPS) is 11.0. The van der Waals surface area contributed by atoms with Gasteiger partial charge in [-0.05, 0) is 45.6 Å². The summed E-state index contributed by atoms with van der Waals surface area (Å²) in [5, 5.41) is 11.0. The van der Waals surface area contributed by atoms with E-state index in [-0.39, 0.29) is 15.5 Å². The number of benzene rings is 1. The number of nitrogens with one attached hydrogen (secondary N) is 1. The Morgan fingerprint density at radius 2 is 2.11 bits per heavy atom. The van der Waals surface area contributed by atoms with Gasteiger partial charge in [0.1, 0.15) is 6.07 Å². The van der Waals surface area contributed by atoms with Crippen molar-refractivity contribution in [2.24, 2.45) is 0 Å². The van der Waals surface area contributed by atoms with Gasteiger partial charge in [-0.2, -0.15) is 5.26 Å². The molecule has 8 heteroatoms. The summed E-state index contributed by atoms with van der Waals surface area (Å²) in [6, 6.07) is 7.94. The van der Waals surface area contributed by atoms with E-state index in [2.05, 4.69) is 20.7 Å². The molecule has 1 heterocycles. The predicted octanol–water partition coefficient (Wildman–Crippen LogP) is 3.84. The SMILES string of the molecule is N#Cc1ccc(Cl)cc1NS(=O)(=O)c1sccc1Br. The van der Waals surface area contributed by atoms with Crippen molar-refractivity contribution in [1.29, 1.82) is 5.26 Å². The minimum Gasteiger partial charge on any atom is -0.278 e. The lowest BCUT2D eigenvalue weighted by molar-refractivity contribution is 0.603. The summed E-state index contributed by atoms with van der Waals surface area (Å²) in [6.45, 7) is 0. The maximum atomic E-state index is 12.2. The van der Waals surface area contributed by atoms with Crippen molar-refractivity contribution >= 4 is 54.6 Å². The number of anilines is 1. The summed E-state index contributed by atoms with van der Waals surface area (Å²) in [4.78, 5) is 0. The molecule has 0 saturated carbocycles. The van der Waals surface area contributed by atoms with Crippen LogP contribution >= 0.6 is 38.9 Å². The van der Waals surface area contributed by atoms with Gasteiger partial charge in [0.15, 0.2) is 4.21 Å². The summed E-state index contributed by atoms with van der Waals surface area (Å²) in [5.41, 5.74) is 0.371. The molecule has 0 saturated heterocycles. The number of hydrogen-bond donors (Lipinski definition) is 1. The summed E-state index contributed by atoms with van der Waals surface area (Å²) in [5.74, 6) is 0. The third-order valence-corrected chi connectivity index (χ3v) is 6.45. The zero-order valence-electron chi connectivity index (χ0n) is 9.22. The van der Waals surface area contributed by atoms with E-state index in [1.807, 2.05) is 6.07 Å². The van der Waals surface area contributed by atoms with Crippen LogP contribution in [0.15, 0.2) is 38.3 Å². The van der Waals surface area contributed by atoms with Gasteiger partial charge in [-0.25, -0.2) is 8.42 Å². The second kappa shape index (κ2) is 5.51. The predicted molar refractivity (Wildman–Crippen MR) is 79.0 cm³/mol. The van der Waals surface area contributed by atoms with Crippen LogP contribution in [0.5, 0.6) is 0 Å². The summed E-state index contributed by atoms with van der Waals surface area (Å²) >= 11 is 10.1. The fourth-order valence-electron chi connectivity index (χ4n) is 1.36. The highest BCUT2D eigenvalue weighted by molar-refractivity contribution is 9.10. The maximum absolute atomic E-state index is 12.2. The smallest absolute Gasteiger partial charge is 0.272 e. The molecule has 1 N–H and O–H groups in total. The van der Waals surface area contributed by atoms with Gasteiger partial charge in [-0.15, -0.1) is 11.3 Å². The van der Waals surface area contributed by atoms with Crippen LogP contribution in [-0.2, 0) is 10.0 Å². The largest absolute Gasteiger partial charge is 0.278 e. The number of hydrogen-bond acceptors (Lipinski definition) is 4. The number of nitriles is 1. The Morgan fingerprint density at radius 3 is 2.68 bits per heavy atom. The fraction of sp³-hybridized carbons (Fsp3) is 0. The number of thiophene rings is 1. The Morgan fingerprint density at radius 1 is 1.37 bits per heavy atom. The summed E-state index contributed by atoms with van der Waals surface area (Å²) in [7, 11) is -3.74. The highest BCUT2D eigenvalue weighted by Crippen LogP contribution is 2.30. The van der Waals surface area contributed by atoms with E-state index in [4.69, 9.17) is 16.9 Å². The molecule has 0 spiro atoms. The quantitative estimate of drug-likeness (QED) is 0.883. The first-order chi connectivity index (χ1) is 8.94. The van der Waals surface area contributed by atoms with Gasteiger partial charge in [-0.1, -0.05) is 11.6 Å². The van der Waals surface area contributed by atoms with Crippen molar-refractivity contribution in [2.75, 3.05) is 4.72 Å². The summed E-state index contributed by atoms with van der Waals surface area (Å²) in [6.07, 6.45) is 0. The van der Waals surface area contributed by atoms with Crippen LogP contribution < -0.4 is 4.72 Å². The van der Waals surface area contributed by atoms with Crippen LogP contribution in [0.2, 0.25) is 5.02 Å². The van der Waals surface area contributed by atoms with Crippen molar-refractivity contribution in [1.82, 2.24) is 0 Å². The number of rotatable bonds is 3. The molecule has 2 rings (SSSR count). The van der Waals surface area contributed by atoms with Crippen LogP contribution in [0.25, 0.3) is 0 Å². The lowest BCUT2D eigenvalue weighted by Crippen LogP contribution is -2.13. The molecule has 1 aromatic carbocycles. The monoisotopic (exact) mass is 376 g/mol. The topological polar surface area (TPSA) is 70.0 Å². The first kappa shape index (κ1) is 14.3. The van der Waals surface area contributed by atoms with E-state index < -0.39 is 10.0 Å². The molecule has 1 aromatic heterocycles. The molecule has 0 amide bonds. The molecular formula is C11H6BrClN2O2S2. The molecule has 4 nitrogen and oxygen atoms in total. The molecule has 19 heavy (non-hydrogen) atoms. The van der Waals surface area contributed by atoms with E-state index in [1.54, 1.807) is 11.4 Å². The van der Waals surface area contributed by atoms with E-state index in [0.29, 0.717) is 9.50 Å². The molecule has 0 radical (unpaired) electrons. The third-order valence-electron chi connectivity index (χ3n) is 2.17. The van der Waals surface area contributed by atoms with Gasteiger partial charge in [0.25, 0.3) is 10.0 Å². The van der Waals surface area contributed by atoms with Crippen molar-refractivity contribution in [3.8, 4) is 6.07 Å². The maximum Gasteiger partial charge on any atom is 0.272 e. The number of sulfonamides is 1. The van der Waals surface area contributed by atoms with Crippen molar-refractivity contribution in [3.05, 3.63) is 44.7 Å². The molecule has 0 fully saturated rings. The van der Waals surface area contributed by atoms with E-state index in [9.17, 15) is 8.42 Å². The van der Waals surface area contributed by atoms with Gasteiger partial charge < -0.3 is 0 Å². The van der Waals surface area contributed by atoms with Crippen LogP contribution in [-0.4, -0.2) is 8.42 Å². The van der Waals surface area contributed by atoms with Crippen molar-refractivity contribution in [2.45, 2.75) is 4.21 Å². The second-order valence-corrected chi connectivity index (χ2v) is 7.55. The Bertz CT molecular complexity index is 765. The van der Waals surface area contributed by atoms with Crippen molar-refractivity contribution in [3.63, 3.8) is 0 Å². The molecular weight excluding hydrogens is 372 g/mol. The minimum absolute atomic E-state index is 0.149. The number of halogens is 2. The summed E-state index contributed by atoms with van der Waals surface area (Å²) < 4.78 is 27.4. The Hall–Kier alpha value is -1.07. The lowest BCUT2D eigenvalue weighted by Gasteiger charge is -2.08. The zero-order chi connectivity index (χ0) is 14.0. The molecule has 0 unspecified atom stereocenters. The standard InChI is InChI=1S/C11H6BrClN2O2S2/c12-9-3-4-18-11(9)19(16,17)15-10-5-8(13)2-1-7(10)6-14/h1-5,15H. The zero-order valence-corrected chi connectivity index (χ0v) is 13.2. The van der Waals surface area contributed by atoms with E-state index in [1.165, 1.54) is 18.2 Å². The average molecular weight is 378 g/mol. The van der Waals surface area contributed by atoms with Gasteiger partial charge in [-0.3, -0.25) is 4.72 Å². The molecule has 98 valence electrons. The highest BCUT2D eigenvalue weighted by Gasteiger charge is 2.20. The first-order valence-corrected chi connectivity index (χ1v) is 8.43. The van der Waals surface area contributed by atoms with Crippen LogP contribution in [0, 0.1) is 11.3 Å². The number of nitrogens with zero attached hydrogens (tertiary/aromatic N) is 1. The average Bonchev–Trinajstić information content (AvgIpc) is 2.76.